The molecule has 5 nitrogen and oxygen atoms in total. The Morgan fingerprint density at radius 2 is 2.00 bits per heavy atom. The van der Waals surface area contributed by atoms with Crippen LogP contribution >= 0.6 is 23.1 Å². The predicted octanol–water partition coefficient (Wildman–Crippen LogP) is 4.17. The second kappa shape index (κ2) is 6.76. The standard InChI is InChI=1S/C15H13N3O2S2/c1-3-8-19-10-4-6-11(7-5-10)20-14-12-13(16-9-17-14)18-15(21-2)22-12/h3-7,9H,1,8H2,2H3. The Bertz CT molecular complexity index is 787. The number of benzene rings is 1. The van der Waals surface area contributed by atoms with Crippen LogP contribution in [0.5, 0.6) is 17.4 Å². The van der Waals surface area contributed by atoms with Crippen molar-refractivity contribution in [3.8, 4) is 17.4 Å². The van der Waals surface area contributed by atoms with Crippen LogP contribution in [0.2, 0.25) is 0 Å². The van der Waals surface area contributed by atoms with Crippen LogP contribution in [0.25, 0.3) is 10.3 Å². The van der Waals surface area contributed by atoms with Crippen LogP contribution in [0.3, 0.4) is 0 Å². The van der Waals surface area contributed by atoms with E-state index < -0.39 is 0 Å². The maximum absolute atomic E-state index is 5.84. The molecule has 0 spiro atoms. The molecule has 1 aromatic carbocycles. The molecule has 0 aliphatic carbocycles. The highest BCUT2D eigenvalue weighted by Gasteiger charge is 2.12. The lowest BCUT2D eigenvalue weighted by Gasteiger charge is -2.06. The molecule has 22 heavy (non-hydrogen) atoms. The molecule has 0 saturated carbocycles. The molecule has 3 rings (SSSR count). The third-order valence-electron chi connectivity index (χ3n) is 2.72. The molecule has 0 bridgehead atoms. The summed E-state index contributed by atoms with van der Waals surface area (Å²) in [4.78, 5) is 12.8. The van der Waals surface area contributed by atoms with Gasteiger partial charge in [0.25, 0.3) is 0 Å². The molecule has 0 atom stereocenters. The van der Waals surface area contributed by atoms with Crippen LogP contribution in [-0.2, 0) is 0 Å². The van der Waals surface area contributed by atoms with Crippen LogP contribution < -0.4 is 9.47 Å². The molecule has 112 valence electrons. The Morgan fingerprint density at radius 1 is 1.23 bits per heavy atom. The maximum Gasteiger partial charge on any atom is 0.242 e. The first-order valence-electron chi connectivity index (χ1n) is 6.47. The van der Waals surface area contributed by atoms with Gasteiger partial charge in [0.1, 0.15) is 29.1 Å². The minimum atomic E-state index is 0.477. The van der Waals surface area contributed by atoms with E-state index in [1.807, 2.05) is 30.5 Å². The van der Waals surface area contributed by atoms with E-state index >= 15 is 0 Å². The number of hydrogen-bond acceptors (Lipinski definition) is 7. The zero-order valence-corrected chi connectivity index (χ0v) is 13.5. The third-order valence-corrected chi connectivity index (χ3v) is 4.74. The fourth-order valence-electron chi connectivity index (χ4n) is 1.75. The van der Waals surface area contributed by atoms with Crippen LogP contribution in [0.15, 0.2) is 47.6 Å². The zero-order valence-electron chi connectivity index (χ0n) is 11.9. The molecule has 3 aromatic rings. The molecule has 2 aromatic heterocycles. The molecular weight excluding hydrogens is 318 g/mol. The monoisotopic (exact) mass is 331 g/mol. The van der Waals surface area contributed by atoms with Crippen LogP contribution in [-0.4, -0.2) is 27.8 Å². The molecule has 2 heterocycles. The number of aromatic nitrogens is 3. The van der Waals surface area contributed by atoms with Gasteiger partial charge in [0.05, 0.1) is 0 Å². The van der Waals surface area contributed by atoms with Gasteiger partial charge in [0.2, 0.25) is 5.88 Å². The summed E-state index contributed by atoms with van der Waals surface area (Å²) in [6.07, 6.45) is 5.14. The Hall–Kier alpha value is -2.12. The average molecular weight is 331 g/mol. The largest absolute Gasteiger partial charge is 0.490 e. The van der Waals surface area contributed by atoms with Crippen molar-refractivity contribution in [1.29, 1.82) is 0 Å². The molecule has 0 saturated heterocycles. The highest BCUT2D eigenvalue weighted by molar-refractivity contribution is 8.00. The molecule has 0 radical (unpaired) electrons. The van der Waals surface area contributed by atoms with Gasteiger partial charge in [-0.3, -0.25) is 0 Å². The van der Waals surface area contributed by atoms with Crippen LogP contribution in [0.4, 0.5) is 0 Å². The van der Waals surface area contributed by atoms with E-state index in [2.05, 4.69) is 21.5 Å². The van der Waals surface area contributed by atoms with E-state index in [0.717, 1.165) is 14.8 Å². The lowest BCUT2D eigenvalue weighted by molar-refractivity contribution is 0.362. The van der Waals surface area contributed by atoms with E-state index in [9.17, 15) is 0 Å². The molecule has 0 amide bonds. The topological polar surface area (TPSA) is 57.1 Å². The minimum absolute atomic E-state index is 0.477. The summed E-state index contributed by atoms with van der Waals surface area (Å²) < 4.78 is 13.1. The average Bonchev–Trinajstić information content (AvgIpc) is 2.98. The molecular formula is C15H13N3O2S2. The Balaban J connectivity index is 1.83. The second-order valence-electron chi connectivity index (χ2n) is 4.19. The first-order valence-corrected chi connectivity index (χ1v) is 8.51. The van der Waals surface area contributed by atoms with Crippen LogP contribution in [0.1, 0.15) is 0 Å². The number of nitrogens with zero attached hydrogens (tertiary/aromatic N) is 3. The van der Waals surface area contributed by atoms with Gasteiger partial charge >= 0.3 is 0 Å². The molecule has 0 fully saturated rings. The van der Waals surface area contributed by atoms with E-state index in [4.69, 9.17) is 9.47 Å². The van der Waals surface area contributed by atoms with E-state index in [1.165, 1.54) is 17.7 Å². The second-order valence-corrected chi connectivity index (χ2v) is 6.24. The van der Waals surface area contributed by atoms with Gasteiger partial charge in [-0.15, -0.1) is 11.3 Å². The first kappa shape index (κ1) is 14.8. The van der Waals surface area contributed by atoms with Crippen molar-refractivity contribution in [2.45, 2.75) is 4.34 Å². The number of hydrogen-bond donors (Lipinski definition) is 0. The van der Waals surface area contributed by atoms with Gasteiger partial charge in [-0.25, -0.2) is 15.0 Å². The summed E-state index contributed by atoms with van der Waals surface area (Å²) in [5, 5.41) is 0. The van der Waals surface area contributed by atoms with Crippen LogP contribution in [0, 0.1) is 0 Å². The number of ether oxygens (including phenoxy) is 2. The lowest BCUT2D eigenvalue weighted by atomic mass is 10.3. The molecule has 0 aliphatic heterocycles. The number of thioether (sulfide) groups is 1. The summed E-state index contributed by atoms with van der Waals surface area (Å²) in [5.41, 5.74) is 0.658. The van der Waals surface area contributed by atoms with E-state index in [0.29, 0.717) is 23.9 Å². The quantitative estimate of drug-likeness (QED) is 0.499. The molecule has 7 heteroatoms. The van der Waals surface area contributed by atoms with Gasteiger partial charge in [-0.05, 0) is 30.5 Å². The molecule has 0 unspecified atom stereocenters. The number of rotatable bonds is 6. The normalized spacial score (nSPS) is 10.6. The first-order chi connectivity index (χ1) is 10.8. The Morgan fingerprint density at radius 3 is 2.73 bits per heavy atom. The Kier molecular flexibility index (Phi) is 4.55. The number of thiazole rings is 1. The predicted molar refractivity (Wildman–Crippen MR) is 89.2 cm³/mol. The fourth-order valence-corrected chi connectivity index (χ4v) is 3.18. The van der Waals surface area contributed by atoms with Crippen molar-refractivity contribution in [3.63, 3.8) is 0 Å². The lowest BCUT2D eigenvalue weighted by Crippen LogP contribution is -1.93. The highest BCUT2D eigenvalue weighted by Crippen LogP contribution is 2.34. The molecule has 0 aliphatic rings. The maximum atomic E-state index is 5.84. The fraction of sp³-hybridized carbons (Fsp3) is 0.133. The Labute approximate surface area is 136 Å². The zero-order chi connectivity index (χ0) is 15.4. The van der Waals surface area contributed by atoms with Crippen molar-refractivity contribution < 1.29 is 9.47 Å². The van der Waals surface area contributed by atoms with Gasteiger partial charge in [-0.2, -0.15) is 0 Å². The van der Waals surface area contributed by atoms with Gasteiger partial charge in [0, 0.05) is 0 Å². The van der Waals surface area contributed by atoms with Gasteiger partial charge in [-0.1, -0.05) is 24.4 Å². The highest BCUT2D eigenvalue weighted by atomic mass is 32.2. The van der Waals surface area contributed by atoms with Gasteiger partial charge < -0.3 is 9.47 Å². The summed E-state index contributed by atoms with van der Waals surface area (Å²) in [5.74, 6) is 1.97. The minimum Gasteiger partial charge on any atom is -0.490 e. The molecule has 0 N–H and O–H groups in total. The van der Waals surface area contributed by atoms with Crippen molar-refractivity contribution in [3.05, 3.63) is 43.2 Å². The summed E-state index contributed by atoms with van der Waals surface area (Å²) in [6.45, 7) is 4.09. The summed E-state index contributed by atoms with van der Waals surface area (Å²) >= 11 is 3.10. The van der Waals surface area contributed by atoms with E-state index in [1.54, 1.807) is 17.8 Å². The SMILES string of the molecule is C=CCOc1ccc(Oc2ncnc3nc(SC)sc23)cc1. The smallest absolute Gasteiger partial charge is 0.242 e. The van der Waals surface area contributed by atoms with Crippen molar-refractivity contribution in [2.75, 3.05) is 12.9 Å². The van der Waals surface area contributed by atoms with Crippen molar-refractivity contribution in [2.24, 2.45) is 0 Å². The van der Waals surface area contributed by atoms with Crippen molar-refractivity contribution >= 4 is 33.4 Å². The third kappa shape index (κ3) is 3.20. The van der Waals surface area contributed by atoms with Gasteiger partial charge in [0.15, 0.2) is 9.99 Å². The summed E-state index contributed by atoms with van der Waals surface area (Å²) in [7, 11) is 0. The summed E-state index contributed by atoms with van der Waals surface area (Å²) in [6, 6.07) is 7.36. The van der Waals surface area contributed by atoms with E-state index in [-0.39, 0.29) is 0 Å². The van der Waals surface area contributed by atoms with Crippen molar-refractivity contribution in [1.82, 2.24) is 15.0 Å². The number of fused-ring (bicyclic) bond motifs is 1.